The van der Waals surface area contributed by atoms with E-state index in [2.05, 4.69) is 10.3 Å². The number of aromatic nitrogens is 3. The van der Waals surface area contributed by atoms with Crippen molar-refractivity contribution in [2.24, 2.45) is 0 Å². The Kier molecular flexibility index (Phi) is 4.34. The molecule has 0 N–H and O–H groups in total. The lowest BCUT2D eigenvalue weighted by molar-refractivity contribution is 0.111. The third-order valence-electron chi connectivity index (χ3n) is 3.01. The largest absolute Gasteiger partial charge is 0.497 e. The summed E-state index contributed by atoms with van der Waals surface area (Å²) in [6, 6.07) is 5.42. The van der Waals surface area contributed by atoms with Gasteiger partial charge < -0.3 is 9.47 Å². The minimum atomic E-state index is 0.365. The molecule has 0 bridgehead atoms. The molecule has 0 amide bonds. The number of hydrogen-bond donors (Lipinski definition) is 0. The highest BCUT2D eigenvalue weighted by Crippen LogP contribution is 2.28. The summed E-state index contributed by atoms with van der Waals surface area (Å²) in [4.78, 5) is 11.0. The second kappa shape index (κ2) is 6.18. The summed E-state index contributed by atoms with van der Waals surface area (Å²) in [5.41, 5.74) is 1.88. The van der Waals surface area contributed by atoms with E-state index in [1.165, 1.54) is 0 Å². The average Bonchev–Trinajstić information content (AvgIpc) is 2.89. The van der Waals surface area contributed by atoms with Gasteiger partial charge in [-0.3, -0.25) is 4.79 Å². The SMILES string of the molecule is CCCc1c(C=O)nnn1-c1ccc(OC)cc1OC. The molecule has 1 aromatic heterocycles. The molecule has 0 fully saturated rings. The second-order valence-electron chi connectivity index (χ2n) is 4.24. The highest BCUT2D eigenvalue weighted by Gasteiger charge is 2.16. The standard InChI is InChI=1S/C14H17N3O3/c1-4-5-12-11(9-18)15-16-17(12)13-7-6-10(19-2)8-14(13)20-3/h6-9H,4-5H2,1-3H3. The molecule has 2 aromatic rings. The van der Waals surface area contributed by atoms with Gasteiger partial charge in [0.25, 0.3) is 0 Å². The van der Waals surface area contributed by atoms with Crippen LogP contribution in [0.5, 0.6) is 11.5 Å². The van der Waals surface area contributed by atoms with E-state index in [4.69, 9.17) is 9.47 Å². The first-order valence-electron chi connectivity index (χ1n) is 6.37. The lowest BCUT2D eigenvalue weighted by atomic mass is 10.2. The van der Waals surface area contributed by atoms with E-state index in [1.807, 2.05) is 19.1 Å². The Balaban J connectivity index is 2.55. The minimum absolute atomic E-state index is 0.365. The van der Waals surface area contributed by atoms with Gasteiger partial charge in [0.1, 0.15) is 22.9 Å². The summed E-state index contributed by atoms with van der Waals surface area (Å²) in [5.74, 6) is 1.31. The summed E-state index contributed by atoms with van der Waals surface area (Å²) in [7, 11) is 3.17. The zero-order valence-corrected chi connectivity index (χ0v) is 11.8. The Morgan fingerprint density at radius 1 is 1.30 bits per heavy atom. The molecule has 0 atom stereocenters. The van der Waals surface area contributed by atoms with E-state index in [9.17, 15) is 4.79 Å². The van der Waals surface area contributed by atoms with Crippen molar-refractivity contribution in [3.05, 3.63) is 29.6 Å². The Hall–Kier alpha value is -2.37. The van der Waals surface area contributed by atoms with Crippen LogP contribution in [-0.4, -0.2) is 35.5 Å². The van der Waals surface area contributed by atoms with Crippen molar-refractivity contribution in [1.82, 2.24) is 15.0 Å². The maximum absolute atomic E-state index is 11.0. The summed E-state index contributed by atoms with van der Waals surface area (Å²) in [6.45, 7) is 2.04. The first-order chi connectivity index (χ1) is 9.74. The van der Waals surface area contributed by atoms with Crippen LogP contribution in [0.4, 0.5) is 0 Å². The second-order valence-corrected chi connectivity index (χ2v) is 4.24. The Morgan fingerprint density at radius 2 is 2.10 bits per heavy atom. The number of rotatable bonds is 6. The van der Waals surface area contributed by atoms with Gasteiger partial charge in [-0.25, -0.2) is 4.68 Å². The fourth-order valence-electron chi connectivity index (χ4n) is 2.03. The molecule has 106 valence electrons. The van der Waals surface area contributed by atoms with Crippen molar-refractivity contribution in [3.8, 4) is 17.2 Å². The number of benzene rings is 1. The number of nitrogens with zero attached hydrogens (tertiary/aromatic N) is 3. The van der Waals surface area contributed by atoms with Crippen LogP contribution in [0.3, 0.4) is 0 Å². The summed E-state index contributed by atoms with van der Waals surface area (Å²) in [6.07, 6.45) is 2.34. The summed E-state index contributed by atoms with van der Waals surface area (Å²) >= 11 is 0. The molecule has 1 heterocycles. The van der Waals surface area contributed by atoms with E-state index in [-0.39, 0.29) is 0 Å². The van der Waals surface area contributed by atoms with Crippen LogP contribution >= 0.6 is 0 Å². The molecule has 0 saturated heterocycles. The van der Waals surface area contributed by atoms with E-state index in [0.717, 1.165) is 30.5 Å². The number of carbonyl (C=O) groups excluding carboxylic acids is 1. The average molecular weight is 275 g/mol. The van der Waals surface area contributed by atoms with Gasteiger partial charge in [-0.05, 0) is 18.6 Å². The highest BCUT2D eigenvalue weighted by atomic mass is 16.5. The van der Waals surface area contributed by atoms with Crippen molar-refractivity contribution < 1.29 is 14.3 Å². The van der Waals surface area contributed by atoms with Gasteiger partial charge in [-0.2, -0.15) is 0 Å². The third kappa shape index (κ3) is 2.49. The van der Waals surface area contributed by atoms with Crippen LogP contribution in [0.15, 0.2) is 18.2 Å². The van der Waals surface area contributed by atoms with E-state index < -0.39 is 0 Å². The zero-order valence-electron chi connectivity index (χ0n) is 11.8. The quantitative estimate of drug-likeness (QED) is 0.755. The molecule has 0 radical (unpaired) electrons. The van der Waals surface area contributed by atoms with Crippen molar-refractivity contribution in [2.45, 2.75) is 19.8 Å². The highest BCUT2D eigenvalue weighted by molar-refractivity contribution is 5.73. The van der Waals surface area contributed by atoms with Crippen molar-refractivity contribution >= 4 is 6.29 Å². The Morgan fingerprint density at radius 3 is 2.70 bits per heavy atom. The van der Waals surface area contributed by atoms with Crippen molar-refractivity contribution in [2.75, 3.05) is 14.2 Å². The monoisotopic (exact) mass is 275 g/mol. The van der Waals surface area contributed by atoms with Gasteiger partial charge in [-0.15, -0.1) is 5.10 Å². The van der Waals surface area contributed by atoms with Crippen LogP contribution < -0.4 is 9.47 Å². The maximum Gasteiger partial charge on any atom is 0.172 e. The Labute approximate surface area is 117 Å². The molecule has 0 aliphatic heterocycles. The van der Waals surface area contributed by atoms with Gasteiger partial charge >= 0.3 is 0 Å². The smallest absolute Gasteiger partial charge is 0.172 e. The van der Waals surface area contributed by atoms with Gasteiger partial charge in [0.05, 0.1) is 19.9 Å². The molecule has 0 unspecified atom stereocenters. The van der Waals surface area contributed by atoms with Crippen LogP contribution in [-0.2, 0) is 6.42 Å². The molecule has 0 saturated carbocycles. The first-order valence-corrected chi connectivity index (χ1v) is 6.37. The Bertz CT molecular complexity index is 608. The molecule has 0 spiro atoms. The minimum Gasteiger partial charge on any atom is -0.497 e. The number of carbonyl (C=O) groups is 1. The van der Waals surface area contributed by atoms with Gasteiger partial charge in [0.2, 0.25) is 0 Å². The van der Waals surface area contributed by atoms with Gasteiger partial charge in [0, 0.05) is 6.07 Å². The first kappa shape index (κ1) is 14.0. The predicted octanol–water partition coefficient (Wildman–Crippen LogP) is 2.05. The number of aldehydes is 1. The summed E-state index contributed by atoms with van der Waals surface area (Å²) < 4.78 is 12.2. The predicted molar refractivity (Wildman–Crippen MR) is 73.8 cm³/mol. The van der Waals surface area contributed by atoms with E-state index in [1.54, 1.807) is 25.0 Å². The molecule has 20 heavy (non-hydrogen) atoms. The molecule has 6 nitrogen and oxygen atoms in total. The van der Waals surface area contributed by atoms with Crippen LogP contribution in [0, 0.1) is 0 Å². The molecule has 0 aliphatic rings. The van der Waals surface area contributed by atoms with Crippen LogP contribution in [0.25, 0.3) is 5.69 Å². The zero-order chi connectivity index (χ0) is 14.5. The fourth-order valence-corrected chi connectivity index (χ4v) is 2.03. The third-order valence-corrected chi connectivity index (χ3v) is 3.01. The van der Waals surface area contributed by atoms with Gasteiger partial charge in [0.15, 0.2) is 6.29 Å². The lowest BCUT2D eigenvalue weighted by Gasteiger charge is -2.12. The molecule has 6 heteroatoms. The van der Waals surface area contributed by atoms with Crippen LogP contribution in [0.1, 0.15) is 29.5 Å². The number of methoxy groups -OCH3 is 2. The normalized spacial score (nSPS) is 10.3. The van der Waals surface area contributed by atoms with E-state index in [0.29, 0.717) is 17.2 Å². The lowest BCUT2D eigenvalue weighted by Crippen LogP contribution is -2.05. The van der Waals surface area contributed by atoms with E-state index >= 15 is 0 Å². The molecular formula is C14H17N3O3. The maximum atomic E-state index is 11.0. The van der Waals surface area contributed by atoms with Crippen molar-refractivity contribution in [1.29, 1.82) is 0 Å². The molecular weight excluding hydrogens is 258 g/mol. The fraction of sp³-hybridized carbons (Fsp3) is 0.357. The topological polar surface area (TPSA) is 66.2 Å². The van der Waals surface area contributed by atoms with Gasteiger partial charge in [-0.1, -0.05) is 18.6 Å². The molecule has 1 aromatic carbocycles. The van der Waals surface area contributed by atoms with Crippen LogP contribution in [0.2, 0.25) is 0 Å². The number of hydrogen-bond acceptors (Lipinski definition) is 5. The summed E-state index contributed by atoms with van der Waals surface area (Å²) in [5, 5.41) is 7.96. The van der Waals surface area contributed by atoms with Crippen molar-refractivity contribution in [3.63, 3.8) is 0 Å². The molecule has 0 aliphatic carbocycles. The number of ether oxygens (including phenoxy) is 2. The molecule has 2 rings (SSSR count).